The van der Waals surface area contributed by atoms with Gasteiger partial charge in [0.05, 0.1) is 17.6 Å². The third kappa shape index (κ3) is 4.44. The Kier molecular flexibility index (Phi) is 5.77. The first-order chi connectivity index (χ1) is 14.7. The van der Waals surface area contributed by atoms with Gasteiger partial charge in [0, 0.05) is 17.5 Å². The predicted octanol–water partition coefficient (Wildman–Crippen LogP) is 4.20. The summed E-state index contributed by atoms with van der Waals surface area (Å²) in [5.74, 6) is -0.424. The average molecular weight is 441 g/mol. The topological polar surface area (TPSA) is 119 Å². The number of nitrogens with zero attached hydrogens (tertiary/aromatic N) is 2. The highest BCUT2D eigenvalue weighted by Gasteiger charge is 2.46. The molecule has 0 fully saturated rings. The van der Waals surface area contributed by atoms with Gasteiger partial charge in [0.15, 0.2) is 0 Å². The van der Waals surface area contributed by atoms with Crippen LogP contribution in [0.2, 0.25) is 0 Å². The minimum Gasteiger partial charge on any atom is -0.444 e. The van der Waals surface area contributed by atoms with Gasteiger partial charge in [-0.25, -0.2) is 9.59 Å². The molecule has 2 aromatic rings. The second-order valence-electron chi connectivity index (χ2n) is 10.4. The summed E-state index contributed by atoms with van der Waals surface area (Å²) >= 11 is 0. The zero-order chi connectivity index (χ0) is 24.1. The maximum absolute atomic E-state index is 12.9. The zero-order valence-corrected chi connectivity index (χ0v) is 19.8. The maximum Gasteiger partial charge on any atom is 0.419 e. The number of hydrogen-bond acceptors (Lipinski definition) is 6. The molecule has 0 unspecified atom stereocenters. The molecule has 1 aromatic heterocycles. The van der Waals surface area contributed by atoms with E-state index in [1.807, 2.05) is 45.9 Å². The average Bonchev–Trinajstić information content (AvgIpc) is 2.98. The summed E-state index contributed by atoms with van der Waals surface area (Å²) in [6.45, 7) is 12.6. The Labute approximate surface area is 188 Å². The van der Waals surface area contributed by atoms with Crippen LogP contribution in [0, 0.1) is 11.3 Å². The summed E-state index contributed by atoms with van der Waals surface area (Å²) in [7, 11) is 0. The smallest absolute Gasteiger partial charge is 0.419 e. The summed E-state index contributed by atoms with van der Waals surface area (Å²) in [6.07, 6.45) is 0.835. The summed E-state index contributed by atoms with van der Waals surface area (Å²) in [5, 5.41) is 13.7. The molecule has 1 amide bonds. The van der Waals surface area contributed by atoms with Gasteiger partial charge in [0.2, 0.25) is 0 Å². The van der Waals surface area contributed by atoms with Crippen LogP contribution < -0.4 is 11.1 Å². The van der Waals surface area contributed by atoms with Gasteiger partial charge >= 0.3 is 12.2 Å². The van der Waals surface area contributed by atoms with Crippen LogP contribution >= 0.6 is 0 Å². The highest BCUT2D eigenvalue weighted by molar-refractivity contribution is 5.95. The number of ether oxygens (including phenoxy) is 2. The van der Waals surface area contributed by atoms with Crippen LogP contribution in [0.3, 0.4) is 0 Å². The molecular weight excluding hydrogens is 408 g/mol. The first-order valence-electron chi connectivity index (χ1n) is 10.7. The molecule has 1 aliphatic rings. The fourth-order valence-corrected chi connectivity index (χ4v) is 4.12. The first-order valence-corrected chi connectivity index (χ1v) is 10.7. The van der Waals surface area contributed by atoms with Crippen molar-refractivity contribution in [2.75, 3.05) is 0 Å². The van der Waals surface area contributed by atoms with Crippen LogP contribution in [0.25, 0.3) is 10.9 Å². The van der Waals surface area contributed by atoms with Crippen molar-refractivity contribution in [3.8, 4) is 6.07 Å². The minimum absolute atomic E-state index is 0.261. The van der Waals surface area contributed by atoms with E-state index in [-0.39, 0.29) is 6.42 Å². The van der Waals surface area contributed by atoms with Gasteiger partial charge in [-0.2, -0.15) is 5.26 Å². The predicted molar refractivity (Wildman–Crippen MR) is 121 cm³/mol. The standard InChI is InChI=1S/C24H32N4O4/c1-14-16-9-8-10-17-19(16)15(12-28(17)21(30)32-23(5,6)7)11-18(24(14,26)13-25)27-20(29)31-22(2,3)4/h8-10,12,14,18H,11,26H2,1-7H3,(H,27,29)/t14-,18-,24-/m0/s1. The van der Waals surface area contributed by atoms with E-state index >= 15 is 0 Å². The van der Waals surface area contributed by atoms with Crippen molar-refractivity contribution in [3.63, 3.8) is 0 Å². The highest BCUT2D eigenvalue weighted by atomic mass is 16.6. The Balaban J connectivity index is 2.10. The number of hydrogen-bond donors (Lipinski definition) is 2. The first kappa shape index (κ1) is 23.6. The van der Waals surface area contributed by atoms with E-state index in [0.29, 0.717) is 5.52 Å². The number of alkyl carbamates (subject to hydrolysis) is 1. The molecule has 0 saturated heterocycles. The normalized spacial score (nSPS) is 23.2. The van der Waals surface area contributed by atoms with E-state index < -0.39 is 40.9 Å². The summed E-state index contributed by atoms with van der Waals surface area (Å²) < 4.78 is 12.5. The maximum atomic E-state index is 12.9. The largest absolute Gasteiger partial charge is 0.444 e. The molecule has 0 spiro atoms. The lowest BCUT2D eigenvalue weighted by molar-refractivity contribution is 0.0480. The Bertz CT molecular complexity index is 1100. The summed E-state index contributed by atoms with van der Waals surface area (Å²) in [5.41, 5.74) is 6.22. The number of carbonyl (C=O) groups is 2. The molecule has 8 nitrogen and oxygen atoms in total. The lowest BCUT2D eigenvalue weighted by Gasteiger charge is -2.36. The Morgan fingerprint density at radius 3 is 2.38 bits per heavy atom. The van der Waals surface area contributed by atoms with Gasteiger partial charge in [0.1, 0.15) is 16.7 Å². The molecular formula is C24H32N4O4. The second kappa shape index (κ2) is 7.82. The molecule has 8 heteroatoms. The SMILES string of the molecule is C[C@H]1c2cccc3c2c(cn3C(=O)OC(C)(C)C)C[C@H](NC(=O)OC(C)(C)C)[C@]1(N)C#N. The molecule has 3 atom stereocenters. The number of amides is 1. The molecule has 32 heavy (non-hydrogen) atoms. The van der Waals surface area contributed by atoms with E-state index in [1.54, 1.807) is 27.0 Å². The van der Waals surface area contributed by atoms with Crippen LogP contribution in [0.15, 0.2) is 24.4 Å². The second-order valence-corrected chi connectivity index (χ2v) is 10.4. The van der Waals surface area contributed by atoms with E-state index in [4.69, 9.17) is 15.2 Å². The number of carbonyl (C=O) groups excluding carboxylic acids is 2. The minimum atomic E-state index is -1.38. The number of rotatable bonds is 1. The molecule has 0 saturated carbocycles. The van der Waals surface area contributed by atoms with Gasteiger partial charge in [-0.05, 0) is 65.2 Å². The molecule has 1 aliphatic carbocycles. The van der Waals surface area contributed by atoms with Crippen LogP contribution in [0.1, 0.15) is 65.5 Å². The molecule has 0 bridgehead atoms. The Morgan fingerprint density at radius 2 is 1.81 bits per heavy atom. The van der Waals surface area contributed by atoms with Crippen molar-refractivity contribution in [2.45, 2.75) is 83.6 Å². The van der Waals surface area contributed by atoms with Gasteiger partial charge in [0.25, 0.3) is 0 Å². The molecule has 172 valence electrons. The zero-order valence-electron chi connectivity index (χ0n) is 19.8. The van der Waals surface area contributed by atoms with Gasteiger partial charge in [-0.3, -0.25) is 4.57 Å². The Hall–Kier alpha value is -3.05. The van der Waals surface area contributed by atoms with Crippen LogP contribution in [0.5, 0.6) is 0 Å². The number of nitrogens with two attached hydrogens (primary N) is 1. The molecule has 3 rings (SSSR count). The fraction of sp³-hybridized carbons (Fsp3) is 0.542. The fourth-order valence-electron chi connectivity index (χ4n) is 4.12. The molecule has 1 aromatic carbocycles. The van der Waals surface area contributed by atoms with Gasteiger partial charge < -0.3 is 20.5 Å². The quantitative estimate of drug-likeness (QED) is 0.686. The number of nitriles is 1. The number of nitrogens with one attached hydrogen (secondary N) is 1. The molecule has 1 heterocycles. The van der Waals surface area contributed by atoms with Crippen LogP contribution in [0.4, 0.5) is 9.59 Å². The summed E-state index contributed by atoms with van der Waals surface area (Å²) in [6, 6.07) is 7.08. The number of aromatic nitrogens is 1. The van der Waals surface area contributed by atoms with Crippen molar-refractivity contribution < 1.29 is 19.1 Å². The lowest BCUT2D eigenvalue weighted by atomic mass is 9.77. The van der Waals surface area contributed by atoms with Crippen molar-refractivity contribution >= 4 is 23.1 Å². The van der Waals surface area contributed by atoms with E-state index in [0.717, 1.165) is 16.5 Å². The van der Waals surface area contributed by atoms with Crippen molar-refractivity contribution in [1.29, 1.82) is 5.26 Å². The lowest BCUT2D eigenvalue weighted by Crippen LogP contribution is -2.61. The number of benzene rings is 1. The van der Waals surface area contributed by atoms with E-state index in [9.17, 15) is 14.9 Å². The molecule has 0 aliphatic heterocycles. The van der Waals surface area contributed by atoms with Crippen LogP contribution in [-0.4, -0.2) is 39.5 Å². The van der Waals surface area contributed by atoms with Crippen molar-refractivity contribution in [1.82, 2.24) is 9.88 Å². The van der Waals surface area contributed by atoms with Crippen LogP contribution in [-0.2, 0) is 15.9 Å². The monoisotopic (exact) mass is 440 g/mol. The van der Waals surface area contributed by atoms with Crippen molar-refractivity contribution in [2.24, 2.45) is 5.73 Å². The van der Waals surface area contributed by atoms with Gasteiger partial charge in [-0.1, -0.05) is 19.1 Å². The third-order valence-electron chi connectivity index (χ3n) is 5.60. The summed E-state index contributed by atoms with van der Waals surface area (Å²) in [4.78, 5) is 25.4. The third-order valence-corrected chi connectivity index (χ3v) is 5.60. The molecule has 0 radical (unpaired) electrons. The van der Waals surface area contributed by atoms with Gasteiger partial charge in [-0.15, -0.1) is 0 Å². The van der Waals surface area contributed by atoms with E-state index in [1.165, 1.54) is 4.57 Å². The van der Waals surface area contributed by atoms with Crippen molar-refractivity contribution in [3.05, 3.63) is 35.5 Å². The highest BCUT2D eigenvalue weighted by Crippen LogP contribution is 2.40. The molecule has 3 N–H and O–H groups in total. The Morgan fingerprint density at radius 1 is 1.19 bits per heavy atom. The van der Waals surface area contributed by atoms with E-state index in [2.05, 4.69) is 11.4 Å².